The molecule has 0 spiro atoms. The Balaban J connectivity index is 2.64. The van der Waals surface area contributed by atoms with Crippen LogP contribution in [0.15, 0.2) is 18.5 Å². The Morgan fingerprint density at radius 3 is 2.62 bits per heavy atom. The Bertz CT molecular complexity index is 376. The second-order valence-corrected chi connectivity index (χ2v) is 4.31. The monoisotopic (exact) mass is 222 g/mol. The first-order valence-corrected chi connectivity index (χ1v) is 5.12. The van der Waals surface area contributed by atoms with Crippen molar-refractivity contribution in [1.29, 1.82) is 0 Å². The number of nitrogens with zero attached hydrogens (tertiary/aromatic N) is 1. The van der Waals surface area contributed by atoms with Gasteiger partial charge in [0.1, 0.15) is 0 Å². The number of carbonyl (C=O) groups excluding carboxylic acids is 1. The van der Waals surface area contributed by atoms with Crippen molar-refractivity contribution in [2.75, 3.05) is 24.2 Å². The predicted molar refractivity (Wildman–Crippen MR) is 65.2 cm³/mol. The lowest BCUT2D eigenvalue weighted by molar-refractivity contribution is -0.125. The second-order valence-electron chi connectivity index (χ2n) is 4.31. The first-order chi connectivity index (χ1) is 7.45. The van der Waals surface area contributed by atoms with Gasteiger partial charge in [0.2, 0.25) is 5.91 Å². The Labute approximate surface area is 95.4 Å². The molecule has 16 heavy (non-hydrogen) atoms. The van der Waals surface area contributed by atoms with Gasteiger partial charge in [0.05, 0.1) is 29.2 Å². The lowest BCUT2D eigenvalue weighted by atomic mass is 9.93. The van der Waals surface area contributed by atoms with E-state index in [1.165, 1.54) is 0 Å². The molecule has 0 radical (unpaired) electrons. The van der Waals surface area contributed by atoms with Crippen molar-refractivity contribution in [2.45, 2.75) is 13.8 Å². The fourth-order valence-corrected chi connectivity index (χ4v) is 1.08. The molecule has 0 aliphatic carbocycles. The highest BCUT2D eigenvalue weighted by Crippen LogP contribution is 2.17. The molecular formula is C11H18N4O. The molecule has 0 bridgehead atoms. The smallest absolute Gasteiger partial charge is 0.224 e. The molecule has 0 aromatic carbocycles. The minimum absolute atomic E-state index is 0.322. The summed E-state index contributed by atoms with van der Waals surface area (Å²) in [6.45, 7) is 4.09. The van der Waals surface area contributed by atoms with Gasteiger partial charge in [-0.1, -0.05) is 0 Å². The van der Waals surface area contributed by atoms with Crippen LogP contribution in [0.5, 0.6) is 0 Å². The van der Waals surface area contributed by atoms with Gasteiger partial charge in [0.25, 0.3) is 0 Å². The number of nitrogens with two attached hydrogens (primary N) is 1. The first-order valence-electron chi connectivity index (χ1n) is 5.12. The van der Waals surface area contributed by atoms with Crippen molar-refractivity contribution in [1.82, 2.24) is 4.98 Å². The van der Waals surface area contributed by atoms with E-state index in [1.54, 1.807) is 26.2 Å². The van der Waals surface area contributed by atoms with E-state index in [0.29, 0.717) is 6.54 Å². The molecule has 5 nitrogen and oxygen atoms in total. The molecule has 0 saturated carbocycles. The molecule has 0 atom stereocenters. The third kappa shape index (κ3) is 3.12. The van der Waals surface area contributed by atoms with Gasteiger partial charge < -0.3 is 16.4 Å². The molecule has 5 heteroatoms. The molecule has 0 unspecified atom stereocenters. The van der Waals surface area contributed by atoms with E-state index in [4.69, 9.17) is 5.73 Å². The minimum atomic E-state index is -0.574. The zero-order chi connectivity index (χ0) is 12.2. The molecule has 0 aliphatic heterocycles. The summed E-state index contributed by atoms with van der Waals surface area (Å²) in [5, 5.41) is 6.13. The second kappa shape index (κ2) is 4.83. The third-order valence-corrected chi connectivity index (χ3v) is 2.43. The van der Waals surface area contributed by atoms with Crippen LogP contribution < -0.4 is 16.4 Å². The Morgan fingerprint density at radius 1 is 1.44 bits per heavy atom. The molecular weight excluding hydrogens is 204 g/mol. The standard InChI is InChI=1S/C11H18N4O/c1-11(2,10(12)16)7-15-9-4-8(13-3)5-14-6-9/h4-6,13,15H,7H2,1-3H3,(H2,12,16). The van der Waals surface area contributed by atoms with Gasteiger partial charge in [-0.3, -0.25) is 9.78 Å². The maximum absolute atomic E-state index is 11.1. The molecule has 88 valence electrons. The highest BCUT2D eigenvalue weighted by molar-refractivity contribution is 5.80. The van der Waals surface area contributed by atoms with E-state index in [2.05, 4.69) is 15.6 Å². The number of amides is 1. The van der Waals surface area contributed by atoms with Gasteiger partial charge in [-0.2, -0.15) is 0 Å². The van der Waals surface area contributed by atoms with E-state index < -0.39 is 5.41 Å². The van der Waals surface area contributed by atoms with Crippen LogP contribution in [0.4, 0.5) is 11.4 Å². The maximum Gasteiger partial charge on any atom is 0.224 e. The van der Waals surface area contributed by atoms with E-state index in [-0.39, 0.29) is 5.91 Å². The normalized spacial score (nSPS) is 10.9. The van der Waals surface area contributed by atoms with Crippen molar-refractivity contribution < 1.29 is 4.79 Å². The highest BCUT2D eigenvalue weighted by atomic mass is 16.1. The predicted octanol–water partition coefficient (Wildman–Crippen LogP) is 1.05. The number of hydrogen-bond acceptors (Lipinski definition) is 4. The van der Waals surface area contributed by atoms with E-state index in [1.807, 2.05) is 13.1 Å². The van der Waals surface area contributed by atoms with Crippen LogP contribution in [0.3, 0.4) is 0 Å². The van der Waals surface area contributed by atoms with Crippen molar-refractivity contribution >= 4 is 17.3 Å². The molecule has 1 rings (SSSR count). The van der Waals surface area contributed by atoms with Gasteiger partial charge in [0, 0.05) is 13.6 Å². The summed E-state index contributed by atoms with van der Waals surface area (Å²) in [6.07, 6.45) is 3.43. The van der Waals surface area contributed by atoms with Gasteiger partial charge in [-0.25, -0.2) is 0 Å². The molecule has 0 fully saturated rings. The lowest BCUT2D eigenvalue weighted by Crippen LogP contribution is -2.37. The Kier molecular flexibility index (Phi) is 3.71. The number of primary amides is 1. The summed E-state index contributed by atoms with van der Waals surface area (Å²) in [6, 6.07) is 1.92. The fourth-order valence-electron chi connectivity index (χ4n) is 1.08. The summed E-state index contributed by atoms with van der Waals surface area (Å²) in [5.41, 5.74) is 6.49. The topological polar surface area (TPSA) is 80.0 Å². The third-order valence-electron chi connectivity index (χ3n) is 2.43. The summed E-state index contributed by atoms with van der Waals surface area (Å²) in [5.74, 6) is -0.322. The van der Waals surface area contributed by atoms with Crippen LogP contribution >= 0.6 is 0 Å². The SMILES string of the molecule is CNc1cncc(NCC(C)(C)C(N)=O)c1. The molecule has 0 saturated heterocycles. The van der Waals surface area contributed by atoms with Crippen LogP contribution in [0.1, 0.15) is 13.8 Å². The van der Waals surface area contributed by atoms with E-state index >= 15 is 0 Å². The van der Waals surface area contributed by atoms with Gasteiger partial charge in [-0.15, -0.1) is 0 Å². The number of hydrogen-bond donors (Lipinski definition) is 3. The number of aromatic nitrogens is 1. The molecule has 4 N–H and O–H groups in total. The van der Waals surface area contributed by atoms with E-state index in [0.717, 1.165) is 11.4 Å². The van der Waals surface area contributed by atoms with Crippen LogP contribution in [-0.4, -0.2) is 24.5 Å². The van der Waals surface area contributed by atoms with Crippen molar-refractivity contribution in [3.05, 3.63) is 18.5 Å². The van der Waals surface area contributed by atoms with Crippen molar-refractivity contribution in [3.8, 4) is 0 Å². The highest BCUT2D eigenvalue weighted by Gasteiger charge is 2.24. The zero-order valence-electron chi connectivity index (χ0n) is 9.87. The summed E-state index contributed by atoms with van der Waals surface area (Å²) < 4.78 is 0. The average molecular weight is 222 g/mol. The van der Waals surface area contributed by atoms with Gasteiger partial charge >= 0.3 is 0 Å². The van der Waals surface area contributed by atoms with Crippen LogP contribution in [0.2, 0.25) is 0 Å². The number of anilines is 2. The summed E-state index contributed by atoms with van der Waals surface area (Å²) in [7, 11) is 1.83. The molecule has 1 aromatic heterocycles. The van der Waals surface area contributed by atoms with Crippen LogP contribution in [0, 0.1) is 5.41 Å². The summed E-state index contributed by atoms with van der Waals surface area (Å²) in [4.78, 5) is 15.2. The molecule has 1 heterocycles. The molecule has 1 aromatic rings. The van der Waals surface area contributed by atoms with Crippen LogP contribution in [-0.2, 0) is 4.79 Å². The zero-order valence-corrected chi connectivity index (χ0v) is 9.87. The van der Waals surface area contributed by atoms with Crippen molar-refractivity contribution in [2.24, 2.45) is 11.1 Å². The van der Waals surface area contributed by atoms with Gasteiger partial charge in [0.15, 0.2) is 0 Å². The number of pyridine rings is 1. The molecule has 1 amide bonds. The average Bonchev–Trinajstić information content (AvgIpc) is 2.26. The molecule has 0 aliphatic rings. The van der Waals surface area contributed by atoms with Crippen molar-refractivity contribution in [3.63, 3.8) is 0 Å². The summed E-state index contributed by atoms with van der Waals surface area (Å²) >= 11 is 0. The van der Waals surface area contributed by atoms with Gasteiger partial charge in [-0.05, 0) is 19.9 Å². The fraction of sp³-hybridized carbons (Fsp3) is 0.455. The number of nitrogens with one attached hydrogen (secondary N) is 2. The minimum Gasteiger partial charge on any atom is -0.387 e. The quantitative estimate of drug-likeness (QED) is 0.695. The van der Waals surface area contributed by atoms with E-state index in [9.17, 15) is 4.79 Å². The first kappa shape index (κ1) is 12.3. The Hall–Kier alpha value is -1.78. The largest absolute Gasteiger partial charge is 0.387 e. The number of carbonyl (C=O) groups is 1. The lowest BCUT2D eigenvalue weighted by Gasteiger charge is -2.21. The van der Waals surface area contributed by atoms with Crippen LogP contribution in [0.25, 0.3) is 0 Å². The maximum atomic E-state index is 11.1. The number of rotatable bonds is 5. The Morgan fingerprint density at radius 2 is 2.06 bits per heavy atom.